The highest BCUT2D eigenvalue weighted by molar-refractivity contribution is 6.30. The number of nitro benzene ring substituents is 1. The van der Waals surface area contributed by atoms with E-state index in [1.54, 1.807) is 42.3 Å². The van der Waals surface area contributed by atoms with Gasteiger partial charge in [-0.1, -0.05) is 66.2 Å². The Morgan fingerprint density at radius 3 is 2.38 bits per heavy atom. The summed E-state index contributed by atoms with van der Waals surface area (Å²) < 4.78 is 5.24. The van der Waals surface area contributed by atoms with E-state index in [9.17, 15) is 14.9 Å². The Kier molecular flexibility index (Phi) is 8.19. The van der Waals surface area contributed by atoms with Crippen LogP contribution in [0.1, 0.15) is 17.2 Å². The fourth-order valence-electron chi connectivity index (χ4n) is 3.44. The van der Waals surface area contributed by atoms with Crippen molar-refractivity contribution in [1.82, 2.24) is 5.32 Å². The maximum absolute atomic E-state index is 13.5. The molecule has 0 heterocycles. The second-order valence-corrected chi connectivity index (χ2v) is 7.53. The van der Waals surface area contributed by atoms with Crippen molar-refractivity contribution >= 4 is 28.9 Å². The van der Waals surface area contributed by atoms with Gasteiger partial charge < -0.3 is 15.0 Å². The van der Waals surface area contributed by atoms with Gasteiger partial charge in [0.15, 0.2) is 0 Å². The Labute approximate surface area is 191 Å². The highest BCUT2D eigenvalue weighted by Crippen LogP contribution is 2.34. The first-order valence-electron chi connectivity index (χ1n) is 10.1. The molecule has 0 spiro atoms. The van der Waals surface area contributed by atoms with Crippen LogP contribution in [0.25, 0.3) is 0 Å². The lowest BCUT2D eigenvalue weighted by Gasteiger charge is -2.32. The second-order valence-electron chi connectivity index (χ2n) is 7.09. The van der Waals surface area contributed by atoms with Crippen molar-refractivity contribution in [3.05, 3.63) is 105 Å². The average Bonchev–Trinajstić information content (AvgIpc) is 2.81. The number of rotatable bonds is 10. The van der Waals surface area contributed by atoms with Crippen LogP contribution in [-0.4, -0.2) is 31.1 Å². The minimum Gasteiger partial charge on any atom is -0.383 e. The molecule has 0 saturated heterocycles. The molecule has 3 rings (SSSR count). The summed E-state index contributed by atoms with van der Waals surface area (Å²) in [4.78, 5) is 26.4. The summed E-state index contributed by atoms with van der Waals surface area (Å²) in [6, 6.07) is 22.0. The van der Waals surface area contributed by atoms with Gasteiger partial charge in [-0.05, 0) is 29.3 Å². The maximum atomic E-state index is 13.5. The minimum absolute atomic E-state index is 0.0740. The number of hydrogen-bond acceptors (Lipinski definition) is 5. The van der Waals surface area contributed by atoms with Gasteiger partial charge in [-0.25, -0.2) is 0 Å². The van der Waals surface area contributed by atoms with Crippen molar-refractivity contribution in [2.24, 2.45) is 0 Å². The number of methoxy groups -OCH3 is 1. The predicted octanol–water partition coefficient (Wildman–Crippen LogP) is 4.76. The summed E-state index contributed by atoms with van der Waals surface area (Å²) in [7, 11) is 1.55. The van der Waals surface area contributed by atoms with Gasteiger partial charge >= 0.3 is 0 Å². The molecule has 3 aromatic rings. The number of para-hydroxylation sites is 2. The first kappa shape index (κ1) is 23.2. The average molecular weight is 454 g/mol. The number of carbonyl (C=O) groups is 1. The molecule has 3 aromatic carbocycles. The van der Waals surface area contributed by atoms with E-state index in [2.05, 4.69) is 5.32 Å². The van der Waals surface area contributed by atoms with Gasteiger partial charge in [0.25, 0.3) is 5.69 Å². The highest BCUT2D eigenvalue weighted by atomic mass is 35.5. The number of nitro groups is 1. The number of amides is 1. The van der Waals surface area contributed by atoms with E-state index in [4.69, 9.17) is 16.3 Å². The largest absolute Gasteiger partial charge is 0.383 e. The normalized spacial score (nSPS) is 11.6. The summed E-state index contributed by atoms with van der Waals surface area (Å²) in [5.41, 5.74) is 1.89. The monoisotopic (exact) mass is 453 g/mol. The van der Waals surface area contributed by atoms with E-state index in [1.807, 2.05) is 42.5 Å². The summed E-state index contributed by atoms with van der Waals surface area (Å²) in [5, 5.41) is 15.3. The molecule has 0 fully saturated rings. The third-order valence-electron chi connectivity index (χ3n) is 4.98. The molecule has 0 aromatic heterocycles. The van der Waals surface area contributed by atoms with Crippen LogP contribution in [-0.2, 0) is 16.1 Å². The second kappa shape index (κ2) is 11.3. The van der Waals surface area contributed by atoms with E-state index >= 15 is 0 Å². The number of halogens is 1. The Balaban J connectivity index is 1.98. The van der Waals surface area contributed by atoms with Gasteiger partial charge in [0.1, 0.15) is 11.7 Å². The number of hydrogen-bond donors (Lipinski definition) is 1. The Morgan fingerprint density at radius 1 is 1.06 bits per heavy atom. The molecule has 166 valence electrons. The van der Waals surface area contributed by atoms with E-state index < -0.39 is 11.0 Å². The first-order chi connectivity index (χ1) is 15.5. The van der Waals surface area contributed by atoms with Crippen molar-refractivity contribution in [3.63, 3.8) is 0 Å². The summed E-state index contributed by atoms with van der Waals surface area (Å²) in [6.07, 6.45) is 0. The van der Waals surface area contributed by atoms with E-state index in [0.717, 1.165) is 11.1 Å². The molecule has 0 aliphatic rings. The lowest BCUT2D eigenvalue weighted by Crippen LogP contribution is -2.42. The van der Waals surface area contributed by atoms with Gasteiger partial charge in [0, 0.05) is 31.3 Å². The third-order valence-corrected chi connectivity index (χ3v) is 5.23. The molecule has 0 radical (unpaired) electrons. The van der Waals surface area contributed by atoms with Crippen molar-refractivity contribution in [2.75, 3.05) is 25.2 Å². The molecule has 8 heteroatoms. The number of carbonyl (C=O) groups excluding carboxylic acids is 1. The predicted molar refractivity (Wildman–Crippen MR) is 125 cm³/mol. The van der Waals surface area contributed by atoms with Gasteiger partial charge in [-0.3, -0.25) is 14.9 Å². The minimum atomic E-state index is -0.792. The first-order valence-corrected chi connectivity index (χ1v) is 10.4. The van der Waals surface area contributed by atoms with Crippen LogP contribution >= 0.6 is 11.6 Å². The molecule has 1 atom stereocenters. The smallest absolute Gasteiger partial charge is 0.292 e. The molecular formula is C24H24ClN3O4. The Morgan fingerprint density at radius 2 is 1.72 bits per heavy atom. The Hall–Kier alpha value is -3.42. The van der Waals surface area contributed by atoms with Gasteiger partial charge in [-0.15, -0.1) is 0 Å². The van der Waals surface area contributed by atoms with Gasteiger partial charge in [0.2, 0.25) is 5.91 Å². The zero-order chi connectivity index (χ0) is 22.9. The topological polar surface area (TPSA) is 84.7 Å². The number of ether oxygens (including phenoxy) is 1. The fraction of sp³-hybridized carbons (Fsp3) is 0.208. The van der Waals surface area contributed by atoms with Crippen LogP contribution in [0.4, 0.5) is 11.4 Å². The molecule has 32 heavy (non-hydrogen) atoms. The van der Waals surface area contributed by atoms with Crippen molar-refractivity contribution in [1.29, 1.82) is 0 Å². The van der Waals surface area contributed by atoms with Gasteiger partial charge in [-0.2, -0.15) is 0 Å². The number of nitrogens with one attached hydrogen (secondary N) is 1. The quantitative estimate of drug-likeness (QED) is 0.353. The maximum Gasteiger partial charge on any atom is 0.292 e. The number of benzene rings is 3. The van der Waals surface area contributed by atoms with Crippen LogP contribution in [0.5, 0.6) is 0 Å². The molecule has 0 bridgehead atoms. The zero-order valence-electron chi connectivity index (χ0n) is 17.6. The lowest BCUT2D eigenvalue weighted by molar-refractivity contribution is -0.384. The summed E-state index contributed by atoms with van der Waals surface area (Å²) in [6.45, 7) is 0.878. The number of nitrogens with zero attached hydrogens (tertiary/aromatic N) is 2. The van der Waals surface area contributed by atoms with Crippen LogP contribution in [0.3, 0.4) is 0 Å². The number of anilines is 1. The summed E-state index contributed by atoms with van der Waals surface area (Å²) >= 11 is 5.94. The molecule has 7 nitrogen and oxygen atoms in total. The third kappa shape index (κ3) is 5.84. The van der Waals surface area contributed by atoms with E-state index in [0.29, 0.717) is 23.9 Å². The zero-order valence-corrected chi connectivity index (χ0v) is 18.4. The molecule has 0 aliphatic heterocycles. The van der Waals surface area contributed by atoms with E-state index in [1.165, 1.54) is 6.07 Å². The van der Waals surface area contributed by atoms with Crippen molar-refractivity contribution in [2.45, 2.75) is 12.6 Å². The summed E-state index contributed by atoms with van der Waals surface area (Å²) in [5.74, 6) is -0.277. The van der Waals surface area contributed by atoms with Gasteiger partial charge in [0.05, 0.1) is 11.5 Å². The van der Waals surface area contributed by atoms with Crippen LogP contribution in [0.15, 0.2) is 78.9 Å². The van der Waals surface area contributed by atoms with Crippen molar-refractivity contribution in [3.8, 4) is 0 Å². The van der Waals surface area contributed by atoms with Crippen molar-refractivity contribution < 1.29 is 14.5 Å². The molecule has 0 aliphatic carbocycles. The molecule has 1 unspecified atom stereocenters. The lowest BCUT2D eigenvalue weighted by atomic mass is 10.0. The van der Waals surface area contributed by atoms with E-state index in [-0.39, 0.29) is 18.1 Å². The fourth-order valence-corrected chi connectivity index (χ4v) is 3.56. The Bertz CT molecular complexity index is 1040. The van der Waals surface area contributed by atoms with Crippen LogP contribution < -0.4 is 10.2 Å². The molecular weight excluding hydrogens is 430 g/mol. The van der Waals surface area contributed by atoms with Crippen LogP contribution in [0, 0.1) is 10.1 Å². The highest BCUT2D eigenvalue weighted by Gasteiger charge is 2.31. The van der Waals surface area contributed by atoms with Crippen LogP contribution in [0.2, 0.25) is 5.02 Å². The molecule has 1 N–H and O–H groups in total. The SMILES string of the molecule is COCCN(c1ccccc1[N+](=O)[O-])C(C(=O)NCc1ccc(Cl)cc1)c1ccccc1. The standard InChI is InChI=1S/C24H24ClN3O4/c1-32-16-15-27(21-9-5-6-10-22(21)28(30)31)23(19-7-3-2-4-8-19)24(29)26-17-18-11-13-20(25)14-12-18/h2-14,23H,15-17H2,1H3,(H,26,29). The molecule has 0 saturated carbocycles. The molecule has 1 amide bonds.